The van der Waals surface area contributed by atoms with Crippen LogP contribution in [0.5, 0.6) is 5.75 Å². The number of benzene rings is 3. The maximum absolute atomic E-state index is 11.3. The Labute approximate surface area is 310 Å². The molecule has 51 heavy (non-hydrogen) atoms. The lowest BCUT2D eigenvalue weighted by molar-refractivity contribution is 0.399. The molecule has 0 unspecified atom stereocenters. The molecule has 1 N–H and O–H groups in total. The summed E-state index contributed by atoms with van der Waals surface area (Å²) in [4.78, 5) is 0. The molecule has 3 aromatic carbocycles. The van der Waals surface area contributed by atoms with Gasteiger partial charge in [0.2, 0.25) is 0 Å². The van der Waals surface area contributed by atoms with Gasteiger partial charge in [0, 0.05) is 21.9 Å². The first-order chi connectivity index (χ1) is 22.9. The Kier molecular flexibility index (Phi) is 10.8. The molecule has 0 fully saturated rings. The van der Waals surface area contributed by atoms with Crippen LogP contribution in [0.25, 0.3) is 21.9 Å². The molecule has 0 radical (unpaired) electrons. The number of phenolic OH excluding ortho intramolecular Hbond substituents is 1. The molecular weight excluding hydrogens is 647 g/mol. The van der Waals surface area contributed by atoms with Gasteiger partial charge in [-0.3, -0.25) is 4.52 Å². The summed E-state index contributed by atoms with van der Waals surface area (Å²) in [6.45, 7) is 44.7. The van der Waals surface area contributed by atoms with E-state index in [1.807, 2.05) is 0 Å². The first kappa shape index (κ1) is 40.8. The molecular formula is C46H67O4P. The Morgan fingerprint density at radius 2 is 0.902 bits per heavy atom. The summed E-state index contributed by atoms with van der Waals surface area (Å²) in [5, 5.41) is 13.4. The van der Waals surface area contributed by atoms with Crippen molar-refractivity contribution in [2.45, 2.75) is 164 Å². The molecule has 4 nitrogen and oxygen atoms in total. The van der Waals surface area contributed by atoms with Crippen LogP contribution in [-0.2, 0) is 38.9 Å². The topological polar surface area (TPSA) is 55.7 Å². The van der Waals surface area contributed by atoms with Crippen LogP contribution in [0.3, 0.4) is 0 Å². The quantitative estimate of drug-likeness (QED) is 0.209. The molecule has 0 saturated carbocycles. The lowest BCUT2D eigenvalue weighted by Gasteiger charge is -2.28. The van der Waals surface area contributed by atoms with Crippen LogP contribution in [-0.4, -0.2) is 11.7 Å². The fourth-order valence-electron chi connectivity index (χ4n) is 6.48. The van der Waals surface area contributed by atoms with Gasteiger partial charge in [0.15, 0.2) is 0 Å². The number of phenols is 1. The van der Waals surface area contributed by atoms with Crippen molar-refractivity contribution in [3.63, 3.8) is 0 Å². The Morgan fingerprint density at radius 1 is 0.549 bits per heavy atom. The van der Waals surface area contributed by atoms with Crippen molar-refractivity contribution < 1.29 is 18.0 Å². The van der Waals surface area contributed by atoms with E-state index in [0.29, 0.717) is 12.2 Å². The van der Waals surface area contributed by atoms with Gasteiger partial charge in [-0.05, 0) is 84.4 Å². The molecule has 5 heteroatoms. The standard InChI is InChI=1S/C46H67O4P/c1-28(20-29-21-34(43(8,9)10)38(47)35(22-29)44(11,12)13)27-48-51-49-39-32(23-30(41(2,3)4)25-36(39)45(14,15)16)33-24-31(42(5,6)7)26-37(40(33)50-51)46(17,18)19/h21-26,47H,1,20,27H2,2-19H3. The van der Waals surface area contributed by atoms with Crippen LogP contribution >= 0.6 is 8.24 Å². The minimum atomic E-state index is -1.84. The van der Waals surface area contributed by atoms with Crippen molar-refractivity contribution in [3.05, 3.63) is 87.5 Å². The smallest absolute Gasteiger partial charge is 0.387 e. The van der Waals surface area contributed by atoms with Crippen LogP contribution in [0.1, 0.15) is 164 Å². The van der Waals surface area contributed by atoms with E-state index >= 15 is 0 Å². The normalized spacial score (nSPS) is 13.7. The molecule has 0 amide bonds. The summed E-state index contributed by atoms with van der Waals surface area (Å²) in [6.07, 6.45) is 0.618. The third-order valence-electron chi connectivity index (χ3n) is 9.76. The van der Waals surface area contributed by atoms with Crippen LogP contribution in [0, 0.1) is 0 Å². The number of rotatable bonds is 5. The molecule has 0 saturated heterocycles. The van der Waals surface area contributed by atoms with Crippen LogP contribution in [0.4, 0.5) is 0 Å². The number of fused-ring (bicyclic) bond motifs is 3. The third kappa shape index (κ3) is 9.17. The molecule has 0 aliphatic rings. The maximum Gasteiger partial charge on any atom is 0.387 e. The molecule has 4 rings (SSSR count). The summed E-state index contributed by atoms with van der Waals surface area (Å²) >= 11 is 0. The Balaban J connectivity index is 1.97. The Hall–Kier alpha value is -2.94. The van der Waals surface area contributed by atoms with E-state index in [9.17, 15) is 5.11 Å². The molecule has 280 valence electrons. The van der Waals surface area contributed by atoms with Crippen LogP contribution < -0.4 is 4.52 Å². The van der Waals surface area contributed by atoms with Crippen molar-refractivity contribution in [1.82, 2.24) is 0 Å². The van der Waals surface area contributed by atoms with Crippen LogP contribution in [0.2, 0.25) is 0 Å². The molecule has 0 atom stereocenters. The van der Waals surface area contributed by atoms with E-state index in [1.165, 1.54) is 11.1 Å². The van der Waals surface area contributed by atoms with Crippen molar-refractivity contribution in [2.75, 3.05) is 6.61 Å². The van der Waals surface area contributed by atoms with E-state index in [-0.39, 0.29) is 39.1 Å². The highest BCUT2D eigenvalue weighted by atomic mass is 31.1. The number of hydrogen-bond donors (Lipinski definition) is 1. The maximum atomic E-state index is 11.3. The molecule has 4 aromatic rings. The van der Waals surface area contributed by atoms with Gasteiger partial charge in [-0.15, -0.1) is 0 Å². The Bertz CT molecular complexity index is 1850. The SMILES string of the molecule is C=C(COp1oc2c(C(C)(C)C)cc(C(C)(C)C)cc2c2cc(C(C)(C)C)cc(C(C)(C)C)c2o1)Cc1cc(C(C)(C)C)c(O)c(C(C)(C)C)c1. The van der Waals surface area contributed by atoms with Gasteiger partial charge in [-0.2, -0.15) is 0 Å². The summed E-state index contributed by atoms with van der Waals surface area (Å²) in [7, 11) is -1.84. The highest BCUT2D eigenvalue weighted by molar-refractivity contribution is 7.31. The fourth-order valence-corrected chi connectivity index (χ4v) is 7.60. The van der Waals surface area contributed by atoms with Gasteiger partial charge in [-0.1, -0.05) is 155 Å². The van der Waals surface area contributed by atoms with E-state index in [1.54, 1.807) is 0 Å². The molecule has 1 aromatic heterocycles. The van der Waals surface area contributed by atoms with Gasteiger partial charge in [0.05, 0.1) is 6.61 Å². The molecule has 0 bridgehead atoms. The van der Waals surface area contributed by atoms with Crippen molar-refractivity contribution >= 4 is 30.2 Å². The average molecular weight is 715 g/mol. The average Bonchev–Trinajstić information content (AvgIpc) is 3.09. The van der Waals surface area contributed by atoms with Gasteiger partial charge < -0.3 is 13.5 Å². The largest absolute Gasteiger partial charge is 0.507 e. The van der Waals surface area contributed by atoms with Crippen molar-refractivity contribution in [3.8, 4) is 5.75 Å². The van der Waals surface area contributed by atoms with E-state index in [2.05, 4.69) is 168 Å². The van der Waals surface area contributed by atoms with Gasteiger partial charge >= 0.3 is 8.24 Å². The first-order valence-corrected chi connectivity index (χ1v) is 19.7. The van der Waals surface area contributed by atoms with Crippen molar-refractivity contribution in [1.29, 1.82) is 0 Å². The van der Waals surface area contributed by atoms with E-state index in [4.69, 9.17) is 12.9 Å². The van der Waals surface area contributed by atoms with Gasteiger partial charge in [0.25, 0.3) is 0 Å². The lowest BCUT2D eigenvalue weighted by atomic mass is 9.77. The second kappa shape index (κ2) is 13.5. The zero-order valence-corrected chi connectivity index (χ0v) is 36.1. The highest BCUT2D eigenvalue weighted by Crippen LogP contribution is 2.45. The zero-order valence-electron chi connectivity index (χ0n) is 35.2. The fraction of sp³-hybridized carbons (Fsp3) is 0.565. The van der Waals surface area contributed by atoms with E-state index in [0.717, 1.165) is 55.3 Å². The molecule has 0 aliphatic heterocycles. The summed E-state index contributed by atoms with van der Waals surface area (Å²) in [5.41, 5.74) is 9.46. The highest BCUT2D eigenvalue weighted by Gasteiger charge is 2.30. The second-order valence-corrected chi connectivity index (χ2v) is 22.0. The second-order valence-electron chi connectivity index (χ2n) is 20.9. The first-order valence-electron chi connectivity index (χ1n) is 18.6. The Morgan fingerprint density at radius 3 is 1.22 bits per heavy atom. The minimum Gasteiger partial charge on any atom is -0.507 e. The number of aromatic hydroxyl groups is 1. The summed E-state index contributed by atoms with van der Waals surface area (Å²) in [5.74, 6) is 0.384. The van der Waals surface area contributed by atoms with Crippen LogP contribution in [0.15, 0.2) is 56.9 Å². The predicted molar refractivity (Wildman–Crippen MR) is 221 cm³/mol. The third-order valence-corrected chi connectivity index (χ3v) is 10.8. The molecule has 0 spiro atoms. The lowest BCUT2D eigenvalue weighted by Crippen LogP contribution is -2.18. The molecule has 0 aliphatic carbocycles. The summed E-state index contributed by atoms with van der Waals surface area (Å²) < 4.78 is 20.5. The zero-order chi connectivity index (χ0) is 38.9. The molecule has 1 heterocycles. The number of hydrogen-bond acceptors (Lipinski definition) is 4. The van der Waals surface area contributed by atoms with Gasteiger partial charge in [-0.25, -0.2) is 0 Å². The van der Waals surface area contributed by atoms with Crippen molar-refractivity contribution in [2.24, 2.45) is 0 Å². The minimum absolute atomic E-state index is 0.0657. The predicted octanol–water partition coefficient (Wildman–Crippen LogP) is 14.0. The van der Waals surface area contributed by atoms with Gasteiger partial charge in [0.1, 0.15) is 16.9 Å². The monoisotopic (exact) mass is 714 g/mol. The van der Waals surface area contributed by atoms with E-state index < -0.39 is 8.24 Å². The summed E-state index contributed by atoms with van der Waals surface area (Å²) in [6, 6.07) is 13.5.